The summed E-state index contributed by atoms with van der Waals surface area (Å²) in [5.74, 6) is 0.186. The molecule has 5 nitrogen and oxygen atoms in total. The minimum absolute atomic E-state index is 0.162. The van der Waals surface area contributed by atoms with Crippen LogP contribution in [0, 0.1) is 0 Å². The first kappa shape index (κ1) is 22.9. The van der Waals surface area contributed by atoms with Crippen LogP contribution in [-0.4, -0.2) is 38.0 Å². The van der Waals surface area contributed by atoms with Crippen LogP contribution in [0.3, 0.4) is 0 Å². The third-order valence-corrected chi connectivity index (χ3v) is 10.8. The predicted molar refractivity (Wildman–Crippen MR) is 134 cm³/mol. The average molecular weight is 502 g/mol. The Morgan fingerprint density at radius 1 is 0.818 bits per heavy atom. The molecule has 3 aromatic heterocycles. The highest BCUT2D eigenvalue weighted by atomic mass is 32.1. The lowest BCUT2D eigenvalue weighted by Crippen LogP contribution is -2.25. The number of carbonyl (C=O) groups is 2. The van der Waals surface area contributed by atoms with E-state index < -0.39 is 0 Å². The van der Waals surface area contributed by atoms with Crippen molar-refractivity contribution in [2.45, 2.75) is 51.7 Å². The van der Waals surface area contributed by atoms with E-state index in [-0.39, 0.29) is 29.9 Å². The number of nitrogens with zero attached hydrogens (tertiary/aromatic N) is 1. The van der Waals surface area contributed by atoms with Crippen molar-refractivity contribution < 1.29 is 19.1 Å². The molecule has 33 heavy (non-hydrogen) atoms. The van der Waals surface area contributed by atoms with Gasteiger partial charge in [0.2, 0.25) is 0 Å². The smallest absolute Gasteiger partial charge is 0.262 e. The van der Waals surface area contributed by atoms with E-state index >= 15 is 0 Å². The Balaban J connectivity index is 1.69. The molecule has 174 valence electrons. The summed E-state index contributed by atoms with van der Waals surface area (Å²) in [4.78, 5) is 33.6. The van der Waals surface area contributed by atoms with Crippen LogP contribution < -0.4 is 0 Å². The van der Waals surface area contributed by atoms with Gasteiger partial charge in [-0.25, -0.2) is 0 Å². The summed E-state index contributed by atoms with van der Waals surface area (Å²) >= 11 is 5.00. The first-order valence-electron chi connectivity index (χ1n) is 11.0. The zero-order valence-corrected chi connectivity index (χ0v) is 22.2. The molecule has 2 atom stereocenters. The van der Waals surface area contributed by atoms with Crippen LogP contribution in [0.15, 0.2) is 12.1 Å². The number of carbonyl (C=O) groups excluding carboxylic acids is 2. The molecular formula is C25H27NO4S3. The maximum Gasteiger partial charge on any atom is 0.262 e. The monoisotopic (exact) mass is 501 g/mol. The van der Waals surface area contributed by atoms with Gasteiger partial charge in [0.05, 0.1) is 16.0 Å². The quantitative estimate of drug-likeness (QED) is 0.361. The van der Waals surface area contributed by atoms with Gasteiger partial charge in [0.15, 0.2) is 0 Å². The van der Waals surface area contributed by atoms with Crippen LogP contribution in [0.2, 0.25) is 0 Å². The van der Waals surface area contributed by atoms with Crippen molar-refractivity contribution in [3.8, 4) is 9.75 Å². The number of amides is 2. The fourth-order valence-electron chi connectivity index (χ4n) is 4.70. The largest absolute Gasteiger partial charge is 0.371 e. The normalized spacial score (nSPS) is 19.6. The Hall–Kier alpha value is -1.84. The zero-order chi connectivity index (χ0) is 23.8. The SMILES string of the molecule is COC1c2cc(C(C)C)sc2C(OC)c2cc(-c3sc(C(C)C)c4c3C(=O)N(C)C4=O)sc21. The Bertz CT molecular complexity index is 1230. The minimum atomic E-state index is -0.216. The number of hydrogen-bond acceptors (Lipinski definition) is 7. The highest BCUT2D eigenvalue weighted by Crippen LogP contribution is 2.54. The van der Waals surface area contributed by atoms with Crippen molar-refractivity contribution in [3.05, 3.63) is 53.9 Å². The van der Waals surface area contributed by atoms with E-state index in [1.54, 1.807) is 55.3 Å². The Morgan fingerprint density at radius 2 is 1.39 bits per heavy atom. The van der Waals surface area contributed by atoms with Gasteiger partial charge in [-0.1, -0.05) is 27.7 Å². The van der Waals surface area contributed by atoms with E-state index in [0.717, 1.165) is 25.1 Å². The molecule has 0 aromatic carbocycles. The molecule has 0 radical (unpaired) electrons. The van der Waals surface area contributed by atoms with E-state index in [1.807, 2.05) is 0 Å². The molecule has 2 unspecified atom stereocenters. The van der Waals surface area contributed by atoms with Crippen molar-refractivity contribution in [3.63, 3.8) is 0 Å². The Kier molecular flexibility index (Phi) is 5.65. The lowest BCUT2D eigenvalue weighted by molar-refractivity contribution is 0.0693. The van der Waals surface area contributed by atoms with Gasteiger partial charge in [0.25, 0.3) is 11.8 Å². The number of fused-ring (bicyclic) bond motifs is 3. The molecule has 1 aliphatic heterocycles. The zero-order valence-electron chi connectivity index (χ0n) is 19.8. The lowest BCUT2D eigenvalue weighted by Gasteiger charge is -2.27. The number of ether oxygens (including phenoxy) is 2. The molecule has 5 rings (SSSR count). The van der Waals surface area contributed by atoms with E-state index in [9.17, 15) is 9.59 Å². The second-order valence-corrected chi connectivity index (χ2v) is 12.4. The number of methoxy groups -OCH3 is 2. The van der Waals surface area contributed by atoms with Gasteiger partial charge >= 0.3 is 0 Å². The maximum atomic E-state index is 13.0. The summed E-state index contributed by atoms with van der Waals surface area (Å²) in [6, 6.07) is 4.40. The van der Waals surface area contributed by atoms with Crippen molar-refractivity contribution in [1.29, 1.82) is 0 Å². The molecule has 0 spiro atoms. The first-order chi connectivity index (χ1) is 15.7. The predicted octanol–water partition coefficient (Wildman–Crippen LogP) is 6.80. The van der Waals surface area contributed by atoms with Crippen LogP contribution in [0.1, 0.15) is 103 Å². The third kappa shape index (κ3) is 3.22. The van der Waals surface area contributed by atoms with Gasteiger partial charge in [0, 0.05) is 56.8 Å². The van der Waals surface area contributed by atoms with E-state index in [0.29, 0.717) is 17.0 Å². The van der Waals surface area contributed by atoms with Crippen molar-refractivity contribution in [1.82, 2.24) is 4.90 Å². The minimum Gasteiger partial charge on any atom is -0.371 e. The highest BCUT2D eigenvalue weighted by Gasteiger charge is 2.42. The van der Waals surface area contributed by atoms with Crippen molar-refractivity contribution in [2.75, 3.05) is 21.3 Å². The Morgan fingerprint density at radius 3 is 1.97 bits per heavy atom. The molecule has 4 heterocycles. The standard InChI is InChI=1S/C25H27NO4S3/c1-10(2)14-8-12-18(29-6)22-13(19(30-7)21(12)31-14)9-15(32-22)23-17-16(20(33-23)11(3)4)24(27)26(5)25(17)28/h8-11,18-19H,1-7H3. The molecule has 2 aliphatic rings. The summed E-state index contributed by atoms with van der Waals surface area (Å²) in [6.07, 6.45) is -0.331. The molecule has 3 aromatic rings. The molecule has 0 fully saturated rings. The number of imide groups is 1. The fourth-order valence-corrected chi connectivity index (χ4v) is 8.67. The second-order valence-electron chi connectivity index (χ2n) is 9.15. The van der Waals surface area contributed by atoms with Gasteiger partial charge in [-0.3, -0.25) is 14.5 Å². The summed E-state index contributed by atoms with van der Waals surface area (Å²) in [5, 5.41) is 0. The van der Waals surface area contributed by atoms with Crippen LogP contribution in [-0.2, 0) is 9.47 Å². The van der Waals surface area contributed by atoms with Crippen LogP contribution in [0.4, 0.5) is 0 Å². The average Bonchev–Trinajstić information content (AvgIpc) is 3.52. The van der Waals surface area contributed by atoms with E-state index in [1.165, 1.54) is 20.2 Å². The van der Waals surface area contributed by atoms with Gasteiger partial charge < -0.3 is 9.47 Å². The maximum absolute atomic E-state index is 13.0. The van der Waals surface area contributed by atoms with Gasteiger partial charge in [0.1, 0.15) is 12.2 Å². The van der Waals surface area contributed by atoms with Crippen LogP contribution in [0.25, 0.3) is 9.75 Å². The molecule has 1 aliphatic carbocycles. The van der Waals surface area contributed by atoms with Crippen molar-refractivity contribution >= 4 is 45.8 Å². The van der Waals surface area contributed by atoms with Crippen LogP contribution >= 0.6 is 34.0 Å². The highest BCUT2D eigenvalue weighted by molar-refractivity contribution is 7.23. The number of hydrogen-bond donors (Lipinski definition) is 0. The first-order valence-corrected chi connectivity index (χ1v) is 13.5. The summed E-state index contributed by atoms with van der Waals surface area (Å²) in [7, 11) is 5.05. The molecule has 0 saturated carbocycles. The Labute approximate surface area is 206 Å². The number of thiophene rings is 3. The molecule has 0 saturated heterocycles. The molecular weight excluding hydrogens is 474 g/mol. The summed E-state index contributed by atoms with van der Waals surface area (Å²) < 4.78 is 12.0. The third-order valence-electron chi connectivity index (χ3n) is 6.40. The summed E-state index contributed by atoms with van der Waals surface area (Å²) in [6.45, 7) is 8.54. The fraction of sp³-hybridized carbons (Fsp3) is 0.440. The lowest BCUT2D eigenvalue weighted by atomic mass is 9.92. The van der Waals surface area contributed by atoms with E-state index in [4.69, 9.17) is 9.47 Å². The van der Waals surface area contributed by atoms with Crippen molar-refractivity contribution in [2.24, 2.45) is 0 Å². The molecule has 0 N–H and O–H groups in total. The number of rotatable bonds is 5. The summed E-state index contributed by atoms with van der Waals surface area (Å²) in [5.41, 5.74) is 3.39. The van der Waals surface area contributed by atoms with Crippen LogP contribution in [0.5, 0.6) is 0 Å². The van der Waals surface area contributed by atoms with E-state index in [2.05, 4.69) is 39.8 Å². The topological polar surface area (TPSA) is 55.8 Å². The molecule has 2 amide bonds. The second kappa shape index (κ2) is 8.13. The van der Waals surface area contributed by atoms with Gasteiger partial charge in [-0.2, -0.15) is 0 Å². The molecule has 0 bridgehead atoms. The van der Waals surface area contributed by atoms with Gasteiger partial charge in [-0.15, -0.1) is 34.0 Å². The molecule has 8 heteroatoms. The van der Waals surface area contributed by atoms with Gasteiger partial charge in [-0.05, 0) is 24.0 Å².